The van der Waals surface area contributed by atoms with Crippen LogP contribution >= 0.6 is 15.9 Å². The first-order chi connectivity index (χ1) is 8.50. The molecule has 0 bridgehead atoms. The topological polar surface area (TPSA) is 102 Å². The van der Waals surface area contributed by atoms with E-state index in [2.05, 4.69) is 15.9 Å². The van der Waals surface area contributed by atoms with Crippen LogP contribution < -0.4 is 15.2 Å². The molecule has 98 valence electrons. The van der Waals surface area contributed by atoms with Gasteiger partial charge >= 0.3 is 5.97 Å². The summed E-state index contributed by atoms with van der Waals surface area (Å²) in [7, 11) is 0. The Morgan fingerprint density at radius 1 is 1.50 bits per heavy atom. The van der Waals surface area contributed by atoms with Crippen molar-refractivity contribution in [2.75, 3.05) is 13.2 Å². The van der Waals surface area contributed by atoms with Gasteiger partial charge in [-0.05, 0) is 15.9 Å². The molecule has 1 aliphatic heterocycles. The Hall–Kier alpha value is -1.47. The van der Waals surface area contributed by atoms with Gasteiger partial charge in [-0.2, -0.15) is 0 Å². The van der Waals surface area contributed by atoms with Crippen LogP contribution in [0.4, 0.5) is 0 Å². The minimum absolute atomic E-state index is 0.0354. The first-order valence-electron chi connectivity index (χ1n) is 5.29. The Kier molecular flexibility index (Phi) is 3.63. The minimum atomic E-state index is -1.14. The van der Waals surface area contributed by atoms with Crippen molar-refractivity contribution in [3.05, 3.63) is 16.1 Å². The average Bonchev–Trinajstić information content (AvgIpc) is 2.34. The van der Waals surface area contributed by atoms with E-state index in [0.717, 1.165) is 0 Å². The van der Waals surface area contributed by atoms with Gasteiger partial charge in [0, 0.05) is 18.1 Å². The highest BCUT2D eigenvalue weighted by Gasteiger charge is 2.25. The third-order valence-electron chi connectivity index (χ3n) is 2.60. The van der Waals surface area contributed by atoms with Crippen molar-refractivity contribution in [3.8, 4) is 17.2 Å². The molecule has 1 unspecified atom stereocenters. The van der Waals surface area contributed by atoms with Crippen LogP contribution in [0.15, 0.2) is 10.5 Å². The third-order valence-corrected chi connectivity index (χ3v) is 3.20. The van der Waals surface area contributed by atoms with Crippen LogP contribution in [0.1, 0.15) is 5.56 Å². The number of hydrogen-bond donors (Lipinski definition) is 3. The summed E-state index contributed by atoms with van der Waals surface area (Å²) < 4.78 is 11.2. The van der Waals surface area contributed by atoms with Crippen LogP contribution in [0, 0.1) is 0 Å². The number of benzene rings is 1. The maximum Gasteiger partial charge on any atom is 0.320 e. The highest BCUT2D eigenvalue weighted by Crippen LogP contribution is 2.44. The van der Waals surface area contributed by atoms with Crippen LogP contribution in [0.3, 0.4) is 0 Å². The predicted molar refractivity (Wildman–Crippen MR) is 66.1 cm³/mol. The van der Waals surface area contributed by atoms with E-state index in [9.17, 15) is 9.90 Å². The molecule has 0 radical (unpaired) electrons. The normalized spacial score (nSPS) is 15.2. The van der Waals surface area contributed by atoms with Crippen molar-refractivity contribution in [2.24, 2.45) is 5.73 Å². The number of ether oxygens (including phenoxy) is 2. The van der Waals surface area contributed by atoms with Crippen LogP contribution in [0.2, 0.25) is 0 Å². The van der Waals surface area contributed by atoms with Crippen LogP contribution in [0.25, 0.3) is 0 Å². The largest absolute Gasteiger partial charge is 0.506 e. The maximum absolute atomic E-state index is 10.8. The fourth-order valence-electron chi connectivity index (χ4n) is 1.71. The number of hydrogen-bond acceptors (Lipinski definition) is 5. The van der Waals surface area contributed by atoms with Gasteiger partial charge in [-0.15, -0.1) is 0 Å². The predicted octanol–water partition coefficient (Wildman–Crippen LogP) is 0.880. The molecule has 1 atom stereocenters. The second-order valence-corrected chi connectivity index (χ2v) is 4.71. The summed E-state index contributed by atoms with van der Waals surface area (Å²) >= 11 is 3.18. The van der Waals surface area contributed by atoms with Gasteiger partial charge in [0.15, 0.2) is 11.5 Å². The molecule has 0 aliphatic carbocycles. The third kappa shape index (κ3) is 2.37. The smallest absolute Gasteiger partial charge is 0.320 e. The van der Waals surface area contributed by atoms with Crippen molar-refractivity contribution in [1.82, 2.24) is 0 Å². The molecule has 7 heteroatoms. The van der Waals surface area contributed by atoms with Gasteiger partial charge in [0.1, 0.15) is 25.0 Å². The summed E-state index contributed by atoms with van der Waals surface area (Å²) in [5, 5.41) is 18.8. The van der Waals surface area contributed by atoms with Gasteiger partial charge in [-0.3, -0.25) is 4.79 Å². The highest BCUT2D eigenvalue weighted by molar-refractivity contribution is 9.10. The Labute approximate surface area is 111 Å². The van der Waals surface area contributed by atoms with E-state index in [1.807, 2.05) is 0 Å². The molecule has 0 aromatic heterocycles. The van der Waals surface area contributed by atoms with Gasteiger partial charge in [0.2, 0.25) is 0 Å². The quantitative estimate of drug-likeness (QED) is 0.765. The van der Waals surface area contributed by atoms with E-state index in [1.165, 1.54) is 0 Å². The molecule has 0 amide bonds. The molecule has 0 fully saturated rings. The van der Waals surface area contributed by atoms with Crippen molar-refractivity contribution in [2.45, 2.75) is 12.5 Å². The summed E-state index contributed by atoms with van der Waals surface area (Å²) in [6.45, 7) is 0.762. The molecule has 1 aromatic rings. The van der Waals surface area contributed by atoms with E-state index in [4.69, 9.17) is 20.3 Å². The number of carbonyl (C=O) groups is 1. The van der Waals surface area contributed by atoms with Gasteiger partial charge < -0.3 is 25.4 Å². The van der Waals surface area contributed by atoms with Crippen molar-refractivity contribution in [1.29, 1.82) is 0 Å². The number of fused-ring (bicyclic) bond motifs is 1. The Bertz CT molecular complexity index is 491. The monoisotopic (exact) mass is 317 g/mol. The summed E-state index contributed by atoms with van der Waals surface area (Å²) in [5.41, 5.74) is 5.82. The molecule has 4 N–H and O–H groups in total. The summed E-state index contributed by atoms with van der Waals surface area (Å²) in [5.74, 6) is -0.382. The van der Waals surface area contributed by atoms with Gasteiger partial charge in [-0.1, -0.05) is 0 Å². The van der Waals surface area contributed by atoms with E-state index in [-0.39, 0.29) is 12.2 Å². The van der Waals surface area contributed by atoms with E-state index < -0.39 is 12.0 Å². The average molecular weight is 318 g/mol. The number of phenolic OH excluding ortho intramolecular Hbond substituents is 1. The van der Waals surface area contributed by atoms with Crippen LogP contribution in [-0.2, 0) is 11.2 Å². The molecule has 18 heavy (non-hydrogen) atoms. The number of nitrogens with two attached hydrogens (primary N) is 1. The van der Waals surface area contributed by atoms with Gasteiger partial charge in [0.05, 0.1) is 4.47 Å². The van der Waals surface area contributed by atoms with Gasteiger partial charge in [-0.25, -0.2) is 0 Å². The second kappa shape index (κ2) is 5.03. The van der Waals surface area contributed by atoms with Crippen molar-refractivity contribution >= 4 is 21.9 Å². The lowest BCUT2D eigenvalue weighted by atomic mass is 10.0. The Balaban J connectivity index is 2.43. The maximum atomic E-state index is 10.8. The Morgan fingerprint density at radius 3 is 2.83 bits per heavy atom. The molecule has 0 spiro atoms. The molecular formula is C11H12BrNO5. The second-order valence-electron chi connectivity index (χ2n) is 3.86. The SMILES string of the molecule is NC(Cc1c(O)c(Br)cc2c1OCCO2)C(=O)O. The Morgan fingerprint density at radius 2 is 2.17 bits per heavy atom. The number of carboxylic acids is 1. The molecule has 0 saturated heterocycles. The van der Waals surface area contributed by atoms with Crippen LogP contribution in [-0.4, -0.2) is 35.4 Å². The zero-order valence-corrected chi connectivity index (χ0v) is 10.9. The minimum Gasteiger partial charge on any atom is -0.506 e. The zero-order valence-electron chi connectivity index (χ0n) is 9.35. The first kappa shape index (κ1) is 13.0. The van der Waals surface area contributed by atoms with E-state index >= 15 is 0 Å². The molecule has 6 nitrogen and oxygen atoms in total. The standard InChI is InChI=1S/C11H12BrNO5/c12-6-4-8-10(18-2-1-17-8)5(9(6)14)3-7(13)11(15)16/h4,7,14H,1-3,13H2,(H,15,16). The molecule has 1 heterocycles. The van der Waals surface area contributed by atoms with Gasteiger partial charge in [0.25, 0.3) is 0 Å². The van der Waals surface area contributed by atoms with E-state index in [1.54, 1.807) is 6.07 Å². The summed E-state index contributed by atoms with van der Waals surface area (Å²) in [4.78, 5) is 10.8. The van der Waals surface area contributed by atoms with Crippen molar-refractivity contribution in [3.63, 3.8) is 0 Å². The summed E-state index contributed by atoms with van der Waals surface area (Å²) in [6.07, 6.45) is -0.0354. The number of aliphatic carboxylic acids is 1. The van der Waals surface area contributed by atoms with E-state index in [0.29, 0.717) is 34.7 Å². The number of phenols is 1. The molecule has 0 saturated carbocycles. The van der Waals surface area contributed by atoms with Crippen LogP contribution in [0.5, 0.6) is 17.2 Å². The molecule has 2 rings (SSSR count). The number of aromatic hydroxyl groups is 1. The molecular weight excluding hydrogens is 306 g/mol. The molecule has 1 aliphatic rings. The lowest BCUT2D eigenvalue weighted by Crippen LogP contribution is -2.32. The molecule has 1 aromatic carbocycles. The fourth-order valence-corrected chi connectivity index (χ4v) is 2.15. The number of carboxylic acid groups (broad SMARTS) is 1. The summed E-state index contributed by atoms with van der Waals surface area (Å²) in [6, 6.07) is 0.472. The zero-order chi connectivity index (χ0) is 13.3. The fraction of sp³-hybridized carbons (Fsp3) is 0.364. The first-order valence-corrected chi connectivity index (χ1v) is 6.08. The number of halogens is 1. The lowest BCUT2D eigenvalue weighted by molar-refractivity contribution is -0.138. The van der Waals surface area contributed by atoms with Crippen molar-refractivity contribution < 1.29 is 24.5 Å². The number of rotatable bonds is 3. The highest BCUT2D eigenvalue weighted by atomic mass is 79.9. The lowest BCUT2D eigenvalue weighted by Gasteiger charge is -2.23.